The number of aromatic nitrogens is 3. The number of imidazole rings is 1. The number of fused-ring (bicyclic) bond motifs is 1. The van der Waals surface area contributed by atoms with Gasteiger partial charge in [0, 0.05) is 12.6 Å². The van der Waals surface area contributed by atoms with Crippen LogP contribution in [0, 0.1) is 0 Å². The van der Waals surface area contributed by atoms with E-state index < -0.39 is 0 Å². The summed E-state index contributed by atoms with van der Waals surface area (Å²) in [5, 5.41) is 2.67. The first kappa shape index (κ1) is 17.5. The van der Waals surface area contributed by atoms with Crippen molar-refractivity contribution in [3.8, 4) is 17.4 Å². The van der Waals surface area contributed by atoms with Crippen LogP contribution in [0.1, 0.15) is 19.3 Å². The van der Waals surface area contributed by atoms with Gasteiger partial charge in [-0.2, -0.15) is 0 Å². The van der Waals surface area contributed by atoms with Gasteiger partial charge in [-0.05, 0) is 44.1 Å². The van der Waals surface area contributed by atoms with Gasteiger partial charge in [0.1, 0.15) is 17.8 Å². The lowest BCUT2D eigenvalue weighted by molar-refractivity contribution is -0.105. The van der Waals surface area contributed by atoms with Gasteiger partial charge in [-0.3, -0.25) is 9.69 Å². The Morgan fingerprint density at radius 3 is 2.81 bits per heavy atom. The van der Waals surface area contributed by atoms with Crippen molar-refractivity contribution < 1.29 is 9.53 Å². The molecule has 4 rings (SSSR count). The molecule has 1 fully saturated rings. The van der Waals surface area contributed by atoms with Gasteiger partial charge in [-0.25, -0.2) is 9.97 Å². The lowest BCUT2D eigenvalue weighted by Gasteiger charge is -2.26. The van der Waals surface area contributed by atoms with Crippen molar-refractivity contribution in [3.63, 3.8) is 0 Å². The zero-order valence-corrected chi connectivity index (χ0v) is 15.1. The largest absolute Gasteiger partial charge is 0.476 e. The molecule has 7 heteroatoms. The summed E-state index contributed by atoms with van der Waals surface area (Å²) in [6.45, 7) is 3.88. The van der Waals surface area contributed by atoms with Crippen molar-refractivity contribution in [2.75, 3.05) is 31.6 Å². The molecule has 1 aliphatic rings. The average Bonchev–Trinajstić information content (AvgIpc) is 3.15. The standard InChI is InChI=1S/C20H23N5O2/c26-14-21-15-6-4-7-16-19(15)24-20(23-16)17-8-5-9-18(22-17)27-13-12-25-10-2-1-3-11-25/h4-9,14H,1-3,10-13H2,(H,21,26)(H,23,24). The van der Waals surface area contributed by atoms with Gasteiger partial charge in [-0.15, -0.1) is 0 Å². The third-order valence-corrected chi connectivity index (χ3v) is 4.80. The number of carbonyl (C=O) groups is 1. The Kier molecular flexibility index (Phi) is 5.29. The number of hydrogen-bond acceptors (Lipinski definition) is 5. The van der Waals surface area contributed by atoms with Crippen molar-refractivity contribution in [2.24, 2.45) is 0 Å². The molecule has 0 atom stereocenters. The molecule has 1 amide bonds. The number of aromatic amines is 1. The molecule has 0 saturated carbocycles. The number of pyridine rings is 1. The van der Waals surface area contributed by atoms with E-state index in [2.05, 4.69) is 25.2 Å². The fourth-order valence-corrected chi connectivity index (χ4v) is 3.42. The number of H-pyrrole nitrogens is 1. The summed E-state index contributed by atoms with van der Waals surface area (Å²) in [7, 11) is 0. The van der Waals surface area contributed by atoms with Crippen molar-refractivity contribution in [1.82, 2.24) is 19.9 Å². The Morgan fingerprint density at radius 2 is 1.96 bits per heavy atom. The number of nitrogens with zero attached hydrogens (tertiary/aromatic N) is 3. The third-order valence-electron chi connectivity index (χ3n) is 4.80. The molecule has 3 heterocycles. The molecular weight excluding hydrogens is 342 g/mol. The summed E-state index contributed by atoms with van der Waals surface area (Å²) in [6.07, 6.45) is 4.54. The van der Waals surface area contributed by atoms with Crippen molar-refractivity contribution >= 4 is 23.1 Å². The highest BCUT2D eigenvalue weighted by atomic mass is 16.5. The maximum atomic E-state index is 10.8. The molecule has 7 nitrogen and oxygen atoms in total. The van der Waals surface area contributed by atoms with Crippen LogP contribution in [-0.4, -0.2) is 52.5 Å². The number of nitrogens with one attached hydrogen (secondary N) is 2. The Labute approximate surface area is 157 Å². The number of anilines is 1. The third kappa shape index (κ3) is 4.09. The van der Waals surface area contributed by atoms with Crippen LogP contribution in [-0.2, 0) is 4.79 Å². The first-order valence-corrected chi connectivity index (χ1v) is 9.35. The minimum atomic E-state index is 0.594. The average molecular weight is 365 g/mol. The maximum Gasteiger partial charge on any atom is 0.213 e. The van der Waals surface area contributed by atoms with Gasteiger partial charge in [0.2, 0.25) is 12.3 Å². The highest BCUT2D eigenvalue weighted by Crippen LogP contribution is 2.25. The summed E-state index contributed by atoms with van der Waals surface area (Å²) in [5.74, 6) is 1.24. The molecule has 0 aliphatic carbocycles. The van der Waals surface area contributed by atoms with E-state index in [-0.39, 0.29) is 0 Å². The summed E-state index contributed by atoms with van der Waals surface area (Å²) >= 11 is 0. The highest BCUT2D eigenvalue weighted by molar-refractivity contribution is 5.94. The molecule has 0 bridgehead atoms. The van der Waals surface area contributed by atoms with Gasteiger partial charge in [0.25, 0.3) is 0 Å². The number of benzene rings is 1. The molecule has 140 valence electrons. The van der Waals surface area contributed by atoms with Gasteiger partial charge < -0.3 is 15.0 Å². The minimum absolute atomic E-state index is 0.594. The van der Waals surface area contributed by atoms with E-state index in [9.17, 15) is 4.79 Å². The predicted molar refractivity (Wildman–Crippen MR) is 105 cm³/mol. The van der Waals surface area contributed by atoms with E-state index in [4.69, 9.17) is 4.74 Å². The molecule has 1 saturated heterocycles. The topological polar surface area (TPSA) is 83.1 Å². The number of rotatable bonds is 7. The van der Waals surface area contributed by atoms with Gasteiger partial charge >= 0.3 is 0 Å². The van der Waals surface area contributed by atoms with Gasteiger partial charge in [0.15, 0.2) is 5.82 Å². The fourth-order valence-electron chi connectivity index (χ4n) is 3.42. The molecule has 1 aliphatic heterocycles. The molecule has 1 aromatic carbocycles. The Bertz CT molecular complexity index is 918. The SMILES string of the molecule is O=CNc1cccc2[nH]c(-c3cccc(OCCN4CCCCC4)n3)nc12. The van der Waals surface area contributed by atoms with E-state index in [1.54, 1.807) is 0 Å². The summed E-state index contributed by atoms with van der Waals surface area (Å²) in [5.41, 5.74) is 2.92. The van der Waals surface area contributed by atoms with Gasteiger partial charge in [-0.1, -0.05) is 18.6 Å². The second-order valence-electron chi connectivity index (χ2n) is 6.66. The minimum Gasteiger partial charge on any atom is -0.476 e. The van der Waals surface area contributed by atoms with Crippen LogP contribution in [0.25, 0.3) is 22.6 Å². The van der Waals surface area contributed by atoms with Crippen molar-refractivity contribution in [1.29, 1.82) is 0 Å². The van der Waals surface area contributed by atoms with E-state index in [0.717, 1.165) is 25.2 Å². The lowest BCUT2D eigenvalue weighted by atomic mass is 10.1. The summed E-state index contributed by atoms with van der Waals surface area (Å²) in [6, 6.07) is 11.3. The summed E-state index contributed by atoms with van der Waals surface area (Å²) < 4.78 is 5.85. The highest BCUT2D eigenvalue weighted by Gasteiger charge is 2.12. The number of likely N-dealkylation sites (tertiary alicyclic amines) is 1. The quantitative estimate of drug-likeness (QED) is 0.629. The maximum absolute atomic E-state index is 10.8. The second-order valence-corrected chi connectivity index (χ2v) is 6.66. The number of ether oxygens (including phenoxy) is 1. The monoisotopic (exact) mass is 365 g/mol. The molecule has 2 aromatic heterocycles. The second kappa shape index (κ2) is 8.18. The van der Waals surface area contributed by atoms with Crippen LogP contribution in [0.15, 0.2) is 36.4 Å². The number of hydrogen-bond donors (Lipinski definition) is 2. The van der Waals surface area contributed by atoms with Crippen LogP contribution in [0.5, 0.6) is 5.88 Å². The Morgan fingerprint density at radius 1 is 1.11 bits per heavy atom. The lowest BCUT2D eigenvalue weighted by Crippen LogP contribution is -2.33. The number of piperidine rings is 1. The van der Waals surface area contributed by atoms with Crippen LogP contribution in [0.2, 0.25) is 0 Å². The summed E-state index contributed by atoms with van der Waals surface area (Å²) in [4.78, 5) is 25.6. The van der Waals surface area contributed by atoms with Crippen LogP contribution in [0.3, 0.4) is 0 Å². The first-order valence-electron chi connectivity index (χ1n) is 9.35. The van der Waals surface area contributed by atoms with Crippen LogP contribution >= 0.6 is 0 Å². The molecule has 0 radical (unpaired) electrons. The van der Waals surface area contributed by atoms with E-state index in [0.29, 0.717) is 41.6 Å². The Hall–Kier alpha value is -2.93. The zero-order valence-electron chi connectivity index (χ0n) is 15.1. The number of amides is 1. The van der Waals surface area contributed by atoms with Gasteiger partial charge in [0.05, 0.1) is 11.2 Å². The number of carbonyl (C=O) groups excluding carboxylic acids is 1. The first-order chi connectivity index (χ1) is 13.3. The van der Waals surface area contributed by atoms with Crippen molar-refractivity contribution in [2.45, 2.75) is 19.3 Å². The molecule has 2 N–H and O–H groups in total. The van der Waals surface area contributed by atoms with Crippen LogP contribution < -0.4 is 10.1 Å². The molecular formula is C20H23N5O2. The molecule has 27 heavy (non-hydrogen) atoms. The zero-order chi connectivity index (χ0) is 18.5. The molecule has 0 unspecified atom stereocenters. The fraction of sp³-hybridized carbons (Fsp3) is 0.350. The van der Waals surface area contributed by atoms with Crippen molar-refractivity contribution in [3.05, 3.63) is 36.4 Å². The molecule has 3 aromatic rings. The van der Waals surface area contributed by atoms with E-state index in [1.165, 1.54) is 19.3 Å². The van der Waals surface area contributed by atoms with Crippen LogP contribution in [0.4, 0.5) is 5.69 Å². The predicted octanol–water partition coefficient (Wildman–Crippen LogP) is 3.06. The van der Waals surface area contributed by atoms with E-state index in [1.807, 2.05) is 36.4 Å². The smallest absolute Gasteiger partial charge is 0.213 e. The Balaban J connectivity index is 1.47. The number of para-hydroxylation sites is 1. The molecule has 0 spiro atoms. The normalized spacial score (nSPS) is 15.0. The van der Waals surface area contributed by atoms with E-state index >= 15 is 0 Å².